The van der Waals surface area contributed by atoms with E-state index in [-0.39, 0.29) is 17.7 Å². The van der Waals surface area contributed by atoms with Gasteiger partial charge in [0.05, 0.1) is 13.2 Å². The largest absolute Gasteiger partial charge is 0.486 e. The Bertz CT molecular complexity index is 1220. The molecule has 0 bridgehead atoms. The zero-order chi connectivity index (χ0) is 30.9. The molecule has 11 heteroatoms. The first-order valence-corrected chi connectivity index (χ1v) is 17.7. The highest BCUT2D eigenvalue weighted by Gasteiger charge is 2.55. The highest BCUT2D eigenvalue weighted by atomic mass is 35.5. The maximum Gasteiger partial charge on any atom is 0.224 e. The van der Waals surface area contributed by atoms with E-state index in [1.807, 2.05) is 25.1 Å². The van der Waals surface area contributed by atoms with E-state index in [2.05, 4.69) is 33.9 Å². The van der Waals surface area contributed by atoms with Crippen molar-refractivity contribution in [2.75, 3.05) is 33.5 Å². The number of benzene rings is 2. The van der Waals surface area contributed by atoms with Crippen molar-refractivity contribution in [1.29, 1.82) is 0 Å². The standard InChI is InChI=1S/C31H45ClO9Si/c1-8-37-16-22-17-38-24-12-9-19(14-25(24)40-22)13-20-15-21(10-11-23(20)32)31(36-5)29(35)28(34)27(33)26(41-31)18-39-42(6,7)30(2,3)4/h9-12,14-15,22,26-29,33-35H,8,13,16-18H2,1-7H3/t22?,26-,27-,28+,29-,31+/m1/s1. The molecule has 2 aliphatic heterocycles. The van der Waals surface area contributed by atoms with Crippen molar-refractivity contribution in [2.45, 2.75) is 88.6 Å². The van der Waals surface area contributed by atoms with E-state index in [1.165, 1.54) is 7.11 Å². The lowest BCUT2D eigenvalue weighted by Crippen LogP contribution is -2.64. The second-order valence-corrected chi connectivity index (χ2v) is 17.7. The summed E-state index contributed by atoms with van der Waals surface area (Å²) >= 11 is 6.64. The zero-order valence-corrected chi connectivity index (χ0v) is 27.3. The average Bonchev–Trinajstić information content (AvgIpc) is 2.95. The SMILES string of the molecule is CCOCC1COc2ccc(Cc3cc([C@]4(OC)O[C@H](CO[Si](C)(C)C(C)(C)C)[C@@H](O)[C@H](O)[C@H]4O)ccc3Cl)cc2O1. The van der Waals surface area contributed by atoms with E-state index in [9.17, 15) is 15.3 Å². The molecule has 0 aliphatic carbocycles. The van der Waals surface area contributed by atoms with E-state index in [1.54, 1.807) is 18.2 Å². The maximum atomic E-state index is 11.2. The third kappa shape index (κ3) is 6.82. The molecule has 0 spiro atoms. The van der Waals surface area contributed by atoms with Crippen LogP contribution >= 0.6 is 11.6 Å². The summed E-state index contributed by atoms with van der Waals surface area (Å²) in [6.45, 7) is 14.0. The second-order valence-electron chi connectivity index (χ2n) is 12.5. The van der Waals surface area contributed by atoms with E-state index in [0.29, 0.717) is 48.3 Å². The number of fused-ring (bicyclic) bond motifs is 1. The minimum Gasteiger partial charge on any atom is -0.486 e. The van der Waals surface area contributed by atoms with E-state index in [0.717, 1.165) is 11.1 Å². The summed E-state index contributed by atoms with van der Waals surface area (Å²) in [5.74, 6) is -0.461. The molecule has 42 heavy (non-hydrogen) atoms. The van der Waals surface area contributed by atoms with Crippen LogP contribution in [0.15, 0.2) is 36.4 Å². The molecule has 0 amide bonds. The number of methoxy groups -OCH3 is 1. The lowest BCUT2D eigenvalue weighted by atomic mass is 9.87. The number of hydrogen-bond acceptors (Lipinski definition) is 9. The quantitative estimate of drug-likeness (QED) is 0.331. The highest BCUT2D eigenvalue weighted by molar-refractivity contribution is 6.74. The Kier molecular flexibility index (Phi) is 10.3. The maximum absolute atomic E-state index is 11.2. The van der Waals surface area contributed by atoms with E-state index in [4.69, 9.17) is 39.7 Å². The molecule has 2 aromatic rings. The molecular weight excluding hydrogens is 580 g/mol. The molecule has 2 heterocycles. The van der Waals surface area contributed by atoms with Crippen LogP contribution in [0.3, 0.4) is 0 Å². The molecule has 1 saturated heterocycles. The molecule has 4 rings (SSSR count). The molecule has 3 N–H and O–H groups in total. The Hall–Kier alpha value is -1.73. The predicted molar refractivity (Wildman–Crippen MR) is 162 cm³/mol. The molecule has 9 nitrogen and oxygen atoms in total. The molecule has 0 radical (unpaired) electrons. The Morgan fingerprint density at radius 3 is 2.43 bits per heavy atom. The molecule has 234 valence electrons. The first kappa shape index (κ1) is 33.2. The van der Waals surface area contributed by atoms with Crippen molar-refractivity contribution in [1.82, 2.24) is 0 Å². The first-order valence-electron chi connectivity index (χ1n) is 14.4. The first-order chi connectivity index (χ1) is 19.7. The Morgan fingerprint density at radius 2 is 1.76 bits per heavy atom. The fourth-order valence-electron chi connectivity index (χ4n) is 4.91. The number of rotatable bonds is 10. The molecule has 2 aromatic carbocycles. The lowest BCUT2D eigenvalue weighted by molar-refractivity contribution is -0.365. The molecular formula is C31H45ClO9Si. The van der Waals surface area contributed by atoms with Crippen LogP contribution in [-0.4, -0.2) is 87.7 Å². The summed E-state index contributed by atoms with van der Waals surface area (Å²) in [7, 11) is -0.799. The Labute approximate surface area is 254 Å². The summed E-state index contributed by atoms with van der Waals surface area (Å²) in [6.07, 6.45) is -5.18. The fraction of sp³-hybridized carbons (Fsp3) is 0.613. The fourth-order valence-corrected chi connectivity index (χ4v) is 6.11. The van der Waals surface area contributed by atoms with Gasteiger partial charge in [-0.15, -0.1) is 0 Å². The molecule has 1 unspecified atom stereocenters. The van der Waals surface area contributed by atoms with Crippen LogP contribution in [0, 0.1) is 0 Å². The third-order valence-corrected chi connectivity index (χ3v) is 13.4. The van der Waals surface area contributed by atoms with E-state index >= 15 is 0 Å². The smallest absolute Gasteiger partial charge is 0.224 e. The van der Waals surface area contributed by atoms with Gasteiger partial charge in [0.2, 0.25) is 5.79 Å². The van der Waals surface area contributed by atoms with Crippen molar-refractivity contribution in [3.63, 3.8) is 0 Å². The van der Waals surface area contributed by atoms with Gasteiger partial charge in [-0.05, 0) is 66.9 Å². The molecule has 0 saturated carbocycles. The molecule has 0 aromatic heterocycles. The number of aliphatic hydroxyl groups excluding tert-OH is 3. The van der Waals surface area contributed by atoms with Gasteiger partial charge in [-0.25, -0.2) is 0 Å². The van der Waals surface area contributed by atoms with E-state index < -0.39 is 38.5 Å². The van der Waals surface area contributed by atoms with Crippen LogP contribution in [0.1, 0.15) is 44.4 Å². The van der Waals surface area contributed by atoms with Gasteiger partial charge in [-0.3, -0.25) is 0 Å². The summed E-state index contributed by atoms with van der Waals surface area (Å²) in [4.78, 5) is 0. The van der Waals surface area contributed by atoms with Gasteiger partial charge in [-0.1, -0.05) is 44.5 Å². The van der Waals surface area contributed by atoms with Crippen molar-refractivity contribution < 1.29 is 43.4 Å². The topological polar surface area (TPSA) is 116 Å². The average molecular weight is 625 g/mol. The van der Waals surface area contributed by atoms with Gasteiger partial charge in [0.15, 0.2) is 25.9 Å². The van der Waals surface area contributed by atoms with Crippen LogP contribution in [0.2, 0.25) is 23.2 Å². The van der Waals surface area contributed by atoms with Gasteiger partial charge < -0.3 is 43.4 Å². The van der Waals surface area contributed by atoms with Crippen LogP contribution in [0.4, 0.5) is 0 Å². The summed E-state index contributed by atoms with van der Waals surface area (Å²) in [6, 6.07) is 10.9. The number of ether oxygens (including phenoxy) is 5. The van der Waals surface area contributed by atoms with Crippen LogP contribution in [-0.2, 0) is 30.8 Å². The summed E-state index contributed by atoms with van der Waals surface area (Å²) in [5, 5.41) is 33.4. The Morgan fingerprint density at radius 1 is 1.02 bits per heavy atom. The van der Waals surface area contributed by atoms with Gasteiger partial charge in [-0.2, -0.15) is 0 Å². The predicted octanol–water partition coefficient (Wildman–Crippen LogP) is 4.41. The number of hydrogen-bond donors (Lipinski definition) is 3. The molecule has 1 fully saturated rings. The van der Waals surface area contributed by atoms with Crippen LogP contribution in [0.25, 0.3) is 0 Å². The minimum atomic E-state index is -2.19. The second kappa shape index (κ2) is 13.1. The van der Waals surface area contributed by atoms with Crippen LogP contribution in [0.5, 0.6) is 11.5 Å². The lowest BCUT2D eigenvalue weighted by Gasteiger charge is -2.49. The minimum absolute atomic E-state index is 0.0362. The Balaban J connectivity index is 1.59. The van der Waals surface area contributed by atoms with Crippen molar-refractivity contribution >= 4 is 19.9 Å². The zero-order valence-electron chi connectivity index (χ0n) is 25.6. The molecule has 2 aliphatic rings. The summed E-state index contributed by atoms with van der Waals surface area (Å²) < 4.78 is 35.9. The van der Waals surface area contributed by atoms with Crippen LogP contribution < -0.4 is 9.47 Å². The van der Waals surface area contributed by atoms with Gasteiger partial charge >= 0.3 is 0 Å². The van der Waals surface area contributed by atoms with Gasteiger partial charge in [0.1, 0.15) is 31.0 Å². The monoisotopic (exact) mass is 624 g/mol. The third-order valence-electron chi connectivity index (χ3n) is 8.57. The summed E-state index contributed by atoms with van der Waals surface area (Å²) in [5.41, 5.74) is 2.13. The van der Waals surface area contributed by atoms with Gasteiger partial charge in [0, 0.05) is 24.3 Å². The van der Waals surface area contributed by atoms with Crippen molar-refractivity contribution in [3.05, 3.63) is 58.1 Å². The van der Waals surface area contributed by atoms with Crippen molar-refractivity contribution in [3.8, 4) is 11.5 Å². The number of aliphatic hydroxyl groups is 3. The van der Waals surface area contributed by atoms with Gasteiger partial charge in [0.25, 0.3) is 0 Å². The normalized spacial score (nSPS) is 28.1. The molecule has 6 atom stereocenters. The highest BCUT2D eigenvalue weighted by Crippen LogP contribution is 2.42. The van der Waals surface area contributed by atoms with Crippen molar-refractivity contribution in [2.24, 2.45) is 0 Å². The number of halogens is 1.